The molecule has 1 aromatic rings. The van der Waals surface area contributed by atoms with Crippen LogP contribution in [0.2, 0.25) is 10.0 Å². The molecule has 100 valence electrons. The third kappa shape index (κ3) is 6.12. The minimum atomic E-state index is -0.128. The van der Waals surface area contributed by atoms with Crippen LogP contribution in [0.15, 0.2) is 18.2 Å². The minimum Gasteiger partial charge on any atom is -0.338 e. The zero-order chi connectivity index (χ0) is 13.4. The summed E-state index contributed by atoms with van der Waals surface area (Å²) in [7, 11) is 0. The zero-order valence-electron chi connectivity index (χ0n) is 10.4. The van der Waals surface area contributed by atoms with Crippen LogP contribution in [0.4, 0.5) is 4.79 Å². The van der Waals surface area contributed by atoms with Crippen LogP contribution in [-0.4, -0.2) is 19.1 Å². The van der Waals surface area contributed by atoms with Crippen LogP contribution in [-0.2, 0) is 6.42 Å². The van der Waals surface area contributed by atoms with Gasteiger partial charge in [-0.25, -0.2) is 4.79 Å². The van der Waals surface area contributed by atoms with Crippen LogP contribution in [0.1, 0.15) is 25.3 Å². The lowest BCUT2D eigenvalue weighted by Crippen LogP contribution is -2.37. The van der Waals surface area contributed by atoms with Crippen molar-refractivity contribution in [2.75, 3.05) is 13.1 Å². The van der Waals surface area contributed by atoms with E-state index in [1.54, 1.807) is 6.07 Å². The molecule has 0 radical (unpaired) electrons. The average molecular weight is 289 g/mol. The van der Waals surface area contributed by atoms with Gasteiger partial charge in [-0.3, -0.25) is 0 Å². The summed E-state index contributed by atoms with van der Waals surface area (Å²) in [6, 6.07) is 5.27. The first-order valence-electron chi connectivity index (χ1n) is 6.08. The highest BCUT2D eigenvalue weighted by Crippen LogP contribution is 2.19. The molecular weight excluding hydrogens is 271 g/mol. The Bertz CT molecular complexity index is 376. The predicted molar refractivity (Wildman–Crippen MR) is 76.5 cm³/mol. The fourth-order valence-corrected chi connectivity index (χ4v) is 2.09. The molecule has 1 rings (SSSR count). The summed E-state index contributed by atoms with van der Waals surface area (Å²) in [6.07, 6.45) is 2.78. The van der Waals surface area contributed by atoms with Crippen LogP contribution in [0.3, 0.4) is 0 Å². The fourth-order valence-electron chi connectivity index (χ4n) is 1.52. The van der Waals surface area contributed by atoms with E-state index in [0.29, 0.717) is 29.6 Å². The van der Waals surface area contributed by atoms with Gasteiger partial charge in [-0.2, -0.15) is 0 Å². The molecule has 1 aromatic carbocycles. The van der Waals surface area contributed by atoms with Crippen molar-refractivity contribution in [3.63, 3.8) is 0 Å². The van der Waals surface area contributed by atoms with E-state index in [4.69, 9.17) is 23.2 Å². The van der Waals surface area contributed by atoms with Gasteiger partial charge in [0.05, 0.1) is 0 Å². The number of rotatable bonds is 6. The molecule has 0 bridgehead atoms. The highest BCUT2D eigenvalue weighted by atomic mass is 35.5. The van der Waals surface area contributed by atoms with Crippen molar-refractivity contribution in [2.45, 2.75) is 26.2 Å². The Morgan fingerprint density at radius 2 is 1.72 bits per heavy atom. The molecule has 0 aliphatic heterocycles. The van der Waals surface area contributed by atoms with Crippen LogP contribution in [0.25, 0.3) is 0 Å². The average Bonchev–Trinajstić information content (AvgIpc) is 2.28. The van der Waals surface area contributed by atoms with E-state index in [-0.39, 0.29) is 6.03 Å². The van der Waals surface area contributed by atoms with Crippen LogP contribution in [0.5, 0.6) is 0 Å². The van der Waals surface area contributed by atoms with Crippen molar-refractivity contribution >= 4 is 29.2 Å². The first-order valence-corrected chi connectivity index (χ1v) is 6.84. The van der Waals surface area contributed by atoms with Crippen molar-refractivity contribution in [1.82, 2.24) is 10.6 Å². The largest absolute Gasteiger partial charge is 0.338 e. The maximum atomic E-state index is 11.4. The molecule has 2 amide bonds. The first-order chi connectivity index (χ1) is 8.61. The number of nitrogens with one attached hydrogen (secondary N) is 2. The molecular formula is C13H18Cl2N2O. The van der Waals surface area contributed by atoms with Gasteiger partial charge in [0.15, 0.2) is 0 Å². The normalized spacial score (nSPS) is 10.2. The molecule has 2 N–H and O–H groups in total. The van der Waals surface area contributed by atoms with E-state index in [2.05, 4.69) is 17.6 Å². The molecule has 0 atom stereocenters. The van der Waals surface area contributed by atoms with E-state index < -0.39 is 0 Å². The molecule has 0 saturated carbocycles. The van der Waals surface area contributed by atoms with Crippen molar-refractivity contribution in [3.05, 3.63) is 33.8 Å². The molecule has 0 saturated heterocycles. The Kier molecular flexibility index (Phi) is 6.91. The van der Waals surface area contributed by atoms with Crippen LogP contribution >= 0.6 is 23.2 Å². The monoisotopic (exact) mass is 288 g/mol. The van der Waals surface area contributed by atoms with Gasteiger partial charge in [-0.05, 0) is 36.6 Å². The van der Waals surface area contributed by atoms with Gasteiger partial charge in [0, 0.05) is 23.1 Å². The second kappa shape index (κ2) is 8.22. The van der Waals surface area contributed by atoms with Crippen LogP contribution < -0.4 is 10.6 Å². The lowest BCUT2D eigenvalue weighted by atomic mass is 10.1. The summed E-state index contributed by atoms with van der Waals surface area (Å²) < 4.78 is 0. The Balaban J connectivity index is 2.26. The summed E-state index contributed by atoms with van der Waals surface area (Å²) in [4.78, 5) is 11.4. The third-order valence-corrected chi connectivity index (χ3v) is 2.87. The highest BCUT2D eigenvalue weighted by Gasteiger charge is 2.01. The Morgan fingerprint density at radius 3 is 2.33 bits per heavy atom. The van der Waals surface area contributed by atoms with E-state index >= 15 is 0 Å². The smallest absolute Gasteiger partial charge is 0.314 e. The van der Waals surface area contributed by atoms with Gasteiger partial charge in [-0.15, -0.1) is 0 Å². The van der Waals surface area contributed by atoms with Gasteiger partial charge >= 0.3 is 6.03 Å². The Labute approximate surface area is 118 Å². The number of hydrogen-bond donors (Lipinski definition) is 2. The fraction of sp³-hybridized carbons (Fsp3) is 0.462. The summed E-state index contributed by atoms with van der Waals surface area (Å²) in [5, 5.41) is 6.81. The minimum absolute atomic E-state index is 0.128. The number of halogens is 2. The topological polar surface area (TPSA) is 41.1 Å². The Hall–Kier alpha value is -0.930. The van der Waals surface area contributed by atoms with E-state index in [9.17, 15) is 4.79 Å². The van der Waals surface area contributed by atoms with Gasteiger partial charge in [0.25, 0.3) is 0 Å². The number of unbranched alkanes of at least 4 members (excludes halogenated alkanes) is 1. The maximum Gasteiger partial charge on any atom is 0.314 e. The van der Waals surface area contributed by atoms with E-state index in [1.165, 1.54) is 0 Å². The quantitative estimate of drug-likeness (QED) is 0.771. The van der Waals surface area contributed by atoms with Gasteiger partial charge in [0.2, 0.25) is 0 Å². The number of benzene rings is 1. The summed E-state index contributed by atoms with van der Waals surface area (Å²) in [6.45, 7) is 3.36. The van der Waals surface area contributed by atoms with Gasteiger partial charge in [-0.1, -0.05) is 36.5 Å². The Morgan fingerprint density at radius 1 is 1.11 bits per heavy atom. The van der Waals surface area contributed by atoms with Crippen molar-refractivity contribution in [2.24, 2.45) is 0 Å². The molecule has 0 heterocycles. The molecule has 18 heavy (non-hydrogen) atoms. The standard InChI is InChI=1S/C13H18Cl2N2O/c1-2-3-5-16-13(18)17-6-4-10-7-11(14)9-12(15)8-10/h7-9H,2-6H2,1H3,(H2,16,17,18). The molecule has 0 spiro atoms. The number of amides is 2. The lowest BCUT2D eigenvalue weighted by molar-refractivity contribution is 0.241. The number of carbonyl (C=O) groups is 1. The second-order valence-corrected chi connectivity index (χ2v) is 4.94. The summed E-state index contributed by atoms with van der Waals surface area (Å²) in [5.41, 5.74) is 1.02. The van der Waals surface area contributed by atoms with Crippen molar-refractivity contribution in [1.29, 1.82) is 0 Å². The van der Waals surface area contributed by atoms with E-state index in [0.717, 1.165) is 18.4 Å². The number of carbonyl (C=O) groups excluding carboxylic acids is 1. The molecule has 0 aromatic heterocycles. The SMILES string of the molecule is CCCCNC(=O)NCCc1cc(Cl)cc(Cl)c1. The number of hydrogen-bond acceptors (Lipinski definition) is 1. The third-order valence-electron chi connectivity index (χ3n) is 2.44. The molecule has 0 aliphatic rings. The van der Waals surface area contributed by atoms with Crippen molar-refractivity contribution < 1.29 is 4.79 Å². The summed E-state index contributed by atoms with van der Waals surface area (Å²) in [5.74, 6) is 0. The highest BCUT2D eigenvalue weighted by molar-refractivity contribution is 6.34. The molecule has 5 heteroatoms. The molecule has 0 fully saturated rings. The molecule has 0 unspecified atom stereocenters. The van der Waals surface area contributed by atoms with Crippen LogP contribution in [0, 0.1) is 0 Å². The molecule has 0 aliphatic carbocycles. The van der Waals surface area contributed by atoms with E-state index in [1.807, 2.05) is 12.1 Å². The van der Waals surface area contributed by atoms with Gasteiger partial charge in [0.1, 0.15) is 0 Å². The first kappa shape index (κ1) is 15.1. The van der Waals surface area contributed by atoms with Crippen molar-refractivity contribution in [3.8, 4) is 0 Å². The lowest BCUT2D eigenvalue weighted by Gasteiger charge is -2.07. The number of urea groups is 1. The summed E-state index contributed by atoms with van der Waals surface area (Å²) >= 11 is 11.8. The molecule has 3 nitrogen and oxygen atoms in total. The zero-order valence-corrected chi connectivity index (χ0v) is 11.9. The maximum absolute atomic E-state index is 11.4. The van der Waals surface area contributed by atoms with Gasteiger partial charge < -0.3 is 10.6 Å². The predicted octanol–water partition coefficient (Wildman–Crippen LogP) is 3.64. The second-order valence-electron chi connectivity index (χ2n) is 4.06.